The quantitative estimate of drug-likeness (QED) is 0.525. The molecule has 0 aromatic heterocycles. The molecule has 2 nitrogen and oxygen atoms in total. The molecule has 0 atom stereocenters. The molecule has 2 aliphatic carbocycles. The number of allylic oxidation sites excluding steroid dienone is 8. The maximum absolute atomic E-state index is 14.6. The summed E-state index contributed by atoms with van der Waals surface area (Å²) in [7, 11) is 0. The predicted molar refractivity (Wildman–Crippen MR) is 105 cm³/mol. The fourth-order valence-electron chi connectivity index (χ4n) is 3.65. The third-order valence-corrected chi connectivity index (χ3v) is 16.6. The van der Waals surface area contributed by atoms with Crippen LogP contribution in [-0.2, 0) is 19.2 Å². The Morgan fingerprint density at radius 2 is 1.14 bits per heavy atom. The first-order chi connectivity index (χ1) is 13.5. The first-order valence-corrected chi connectivity index (χ1v) is 15.3. The Balaban J connectivity index is 1.94. The van der Waals surface area contributed by atoms with Crippen LogP contribution in [0.15, 0.2) is 91.5 Å². The van der Waals surface area contributed by atoms with Gasteiger partial charge in [0.1, 0.15) is 0 Å². The van der Waals surface area contributed by atoms with Crippen LogP contribution in [0.5, 0.6) is 11.5 Å². The number of hydrogen-bond acceptors (Lipinski definition) is 2. The fourth-order valence-corrected chi connectivity index (χ4v) is 13.9. The monoisotopic (exact) mass is 456 g/mol. The Morgan fingerprint density at radius 3 is 1.50 bits per heavy atom. The summed E-state index contributed by atoms with van der Waals surface area (Å²) in [6.45, 7) is 0. The number of para-hydroxylation sites is 2. The number of benzene rings is 2. The normalized spacial score (nSPS) is 16.1. The number of rotatable bonds is 6. The Morgan fingerprint density at radius 1 is 0.714 bits per heavy atom. The Bertz CT molecular complexity index is 1020. The molecule has 2 aromatic carbocycles. The van der Waals surface area contributed by atoms with Gasteiger partial charge in [-0.25, -0.2) is 0 Å². The van der Waals surface area contributed by atoms with Gasteiger partial charge in [-0.05, 0) is 0 Å². The van der Waals surface area contributed by atoms with E-state index in [9.17, 15) is 8.78 Å². The van der Waals surface area contributed by atoms with Gasteiger partial charge in [0.15, 0.2) is 0 Å². The second-order valence-electron chi connectivity index (χ2n) is 6.97. The first kappa shape index (κ1) is 19.0. The van der Waals surface area contributed by atoms with Crippen LogP contribution in [0.3, 0.4) is 0 Å². The van der Waals surface area contributed by atoms with E-state index in [2.05, 4.69) is 4.21 Å². The molecule has 0 saturated carbocycles. The van der Waals surface area contributed by atoms with E-state index < -0.39 is 30.8 Å². The molecule has 0 spiro atoms. The molecule has 2 aromatic rings. The minimum atomic E-state index is -5.29. The van der Waals surface area contributed by atoms with Crippen molar-refractivity contribution in [3.05, 3.63) is 103 Å². The molecule has 0 aliphatic heterocycles. The van der Waals surface area contributed by atoms with Crippen molar-refractivity contribution in [1.82, 2.24) is 0 Å². The van der Waals surface area contributed by atoms with Crippen molar-refractivity contribution < 1.29 is 33.6 Å². The van der Waals surface area contributed by atoms with Gasteiger partial charge in [-0.15, -0.1) is 0 Å². The zero-order chi connectivity index (χ0) is 19.6. The van der Waals surface area contributed by atoms with E-state index in [1.54, 1.807) is 36.4 Å². The van der Waals surface area contributed by atoms with Gasteiger partial charge >= 0.3 is 165 Å². The van der Waals surface area contributed by atoms with Gasteiger partial charge in [-0.3, -0.25) is 0 Å². The molecular formula is C23H20F2O2Zr. The number of halogens is 2. The molecule has 5 heteroatoms. The molecule has 0 amide bonds. The summed E-state index contributed by atoms with van der Waals surface area (Å²) in [4.78, 5) is 0. The Labute approximate surface area is 165 Å². The molecule has 2 aliphatic rings. The average Bonchev–Trinajstić information content (AvgIpc) is 3.40. The fraction of sp³-hybridized carbons (Fsp3) is 0.0870. The molecule has 28 heavy (non-hydrogen) atoms. The van der Waals surface area contributed by atoms with Gasteiger partial charge < -0.3 is 0 Å². The summed E-state index contributed by atoms with van der Waals surface area (Å²) in [5.41, 5.74) is 0. The van der Waals surface area contributed by atoms with Crippen LogP contribution in [0.4, 0.5) is 8.78 Å². The van der Waals surface area contributed by atoms with Crippen molar-refractivity contribution >= 4 is 4.21 Å². The van der Waals surface area contributed by atoms with E-state index in [0.717, 1.165) is 6.56 Å². The third-order valence-electron chi connectivity index (χ3n) is 5.17. The Kier molecular flexibility index (Phi) is 4.88. The van der Waals surface area contributed by atoms with Crippen LogP contribution in [0.1, 0.15) is 12.8 Å². The van der Waals surface area contributed by atoms with Crippen LogP contribution in [-0.4, -0.2) is 4.21 Å². The topological polar surface area (TPSA) is 18.5 Å². The molecule has 0 heterocycles. The maximum atomic E-state index is 14.6. The molecule has 4 rings (SSSR count). The third kappa shape index (κ3) is 3.18. The molecule has 0 bridgehead atoms. The number of hydrogen-bond donors (Lipinski definition) is 0. The van der Waals surface area contributed by atoms with Gasteiger partial charge in [0.05, 0.1) is 0 Å². The van der Waals surface area contributed by atoms with Gasteiger partial charge in [0.2, 0.25) is 0 Å². The summed E-state index contributed by atoms with van der Waals surface area (Å²) in [5, 5.41) is 0. The van der Waals surface area contributed by atoms with Gasteiger partial charge in [0.25, 0.3) is 0 Å². The summed E-state index contributed by atoms with van der Waals surface area (Å²) in [6, 6.07) is 12.4. The van der Waals surface area contributed by atoms with Crippen LogP contribution in [0.2, 0.25) is 0 Å². The summed E-state index contributed by atoms with van der Waals surface area (Å²) in [5.74, 6) is -0.858. The zero-order valence-electron chi connectivity index (χ0n) is 15.3. The first-order valence-electron chi connectivity index (χ1n) is 9.14. The molecule has 0 unspecified atom stereocenters. The van der Waals surface area contributed by atoms with Gasteiger partial charge in [-0.2, -0.15) is 0 Å². The van der Waals surface area contributed by atoms with Crippen LogP contribution in [0.25, 0.3) is 0 Å². The summed E-state index contributed by atoms with van der Waals surface area (Å²) >= 11 is -5.29. The second kappa shape index (κ2) is 7.22. The minimum absolute atomic E-state index is 0.0695. The van der Waals surface area contributed by atoms with E-state index in [1.165, 1.54) is 12.1 Å². The van der Waals surface area contributed by atoms with Crippen molar-refractivity contribution in [3.8, 4) is 11.5 Å². The van der Waals surface area contributed by atoms with E-state index >= 15 is 0 Å². The van der Waals surface area contributed by atoms with Crippen molar-refractivity contribution in [3.63, 3.8) is 0 Å². The molecule has 0 fully saturated rings. The molecule has 142 valence electrons. The Hall–Kier alpha value is -2.39. The molecular weight excluding hydrogens is 437 g/mol. The standard InChI is InChI=1S/2C6H5FO.2C5H5.CH2.Zr/c2*7-5-3-1-2-4-6(5)8;2*1-2-4-5-3-1;;/h2*1-4,8H;2*1-3H,4H2;1H2;/q;;;;;+2/p-2. The van der Waals surface area contributed by atoms with E-state index in [4.69, 9.17) is 5.63 Å². The van der Waals surface area contributed by atoms with Gasteiger partial charge in [0, 0.05) is 0 Å². The van der Waals surface area contributed by atoms with E-state index in [0.29, 0.717) is 12.8 Å². The summed E-state index contributed by atoms with van der Waals surface area (Å²) < 4.78 is 48.3. The average molecular weight is 458 g/mol. The molecule has 0 N–H and O–H groups in total. The predicted octanol–water partition coefficient (Wildman–Crippen LogP) is 6.06. The van der Waals surface area contributed by atoms with Crippen molar-refractivity contribution in [2.75, 3.05) is 0 Å². The van der Waals surface area contributed by atoms with E-state index in [-0.39, 0.29) is 11.5 Å². The van der Waals surface area contributed by atoms with Gasteiger partial charge in [-0.1, -0.05) is 0 Å². The van der Waals surface area contributed by atoms with Crippen molar-refractivity contribution in [2.45, 2.75) is 12.8 Å². The van der Waals surface area contributed by atoms with Crippen LogP contribution in [0, 0.1) is 11.6 Å². The molecule has 0 saturated heterocycles. The second-order valence-corrected chi connectivity index (χ2v) is 17.3. The van der Waals surface area contributed by atoms with Crippen molar-refractivity contribution in [1.29, 1.82) is 0 Å². The van der Waals surface area contributed by atoms with E-state index in [1.807, 2.05) is 36.5 Å². The molecule has 0 radical (unpaired) electrons. The van der Waals surface area contributed by atoms with Crippen LogP contribution >= 0.6 is 0 Å². The van der Waals surface area contributed by atoms with Crippen LogP contribution < -0.4 is 5.63 Å². The SMILES string of the molecule is [CH2]=[Zr]([O]c1ccccc1F)([O]c1ccccc1F)([C]1=CC=CC1)[C]1=CC=CC1. The van der Waals surface area contributed by atoms with Crippen molar-refractivity contribution in [2.24, 2.45) is 0 Å². The summed E-state index contributed by atoms with van der Waals surface area (Å²) in [6.07, 6.45) is 12.8. The zero-order valence-corrected chi connectivity index (χ0v) is 17.7.